The molecule has 3 aromatic rings. The molecular weight excluding hydrogens is 462 g/mol. The van der Waals surface area contributed by atoms with Gasteiger partial charge in [0.25, 0.3) is 0 Å². The lowest BCUT2D eigenvalue weighted by atomic mass is 10.0. The fourth-order valence-electron chi connectivity index (χ4n) is 3.81. The molecule has 0 saturated heterocycles. The summed E-state index contributed by atoms with van der Waals surface area (Å²) in [6, 6.07) is 14.5. The van der Waals surface area contributed by atoms with Crippen molar-refractivity contribution in [1.29, 1.82) is 0 Å². The number of benzene rings is 2. The van der Waals surface area contributed by atoms with Crippen LogP contribution in [-0.4, -0.2) is 49.5 Å². The van der Waals surface area contributed by atoms with Gasteiger partial charge in [0.15, 0.2) is 6.61 Å². The number of aromatic nitrogens is 1. The summed E-state index contributed by atoms with van der Waals surface area (Å²) in [6.07, 6.45) is 0.844. The minimum Gasteiger partial charge on any atom is -0.390 e. The van der Waals surface area contributed by atoms with E-state index in [4.69, 9.17) is 16.4 Å². The first-order valence-corrected chi connectivity index (χ1v) is 11.2. The number of hydrogen-bond donors (Lipinski definition) is 1. The van der Waals surface area contributed by atoms with Crippen molar-refractivity contribution in [3.8, 4) is 0 Å². The Balaban J connectivity index is 1.73. The zero-order valence-corrected chi connectivity index (χ0v) is 20.1. The number of oxime groups is 1. The molecule has 156 valence electrons. The van der Waals surface area contributed by atoms with Crippen LogP contribution in [0.15, 0.2) is 52.1 Å². The Morgan fingerprint density at radius 2 is 1.97 bits per heavy atom. The molecule has 0 amide bonds. The molecular formula is C24H26BrClN3O+. The smallest absolute Gasteiger partial charge is 0.165 e. The third-order valence-electron chi connectivity index (χ3n) is 5.33. The van der Waals surface area contributed by atoms with Gasteiger partial charge in [0.05, 0.1) is 26.9 Å². The third-order valence-corrected chi connectivity index (χ3v) is 6.06. The lowest BCUT2D eigenvalue weighted by Gasteiger charge is -2.22. The Morgan fingerprint density at radius 3 is 2.73 bits per heavy atom. The van der Waals surface area contributed by atoms with Gasteiger partial charge in [-0.05, 0) is 60.0 Å². The highest BCUT2D eigenvalue weighted by molar-refractivity contribution is 9.10. The molecule has 0 bridgehead atoms. The quantitative estimate of drug-likeness (QED) is 0.192. The van der Waals surface area contributed by atoms with Crippen LogP contribution in [0.4, 0.5) is 0 Å². The molecule has 0 saturated carbocycles. The Bertz CT molecular complexity index is 1170. The Morgan fingerprint density at radius 1 is 1.17 bits per heavy atom. The monoisotopic (exact) mass is 486 g/mol. The zero-order valence-electron chi connectivity index (χ0n) is 17.7. The molecule has 4 nitrogen and oxygen atoms in total. The van der Waals surface area contributed by atoms with Crippen LogP contribution in [0.25, 0.3) is 22.0 Å². The minimum absolute atomic E-state index is 0.585. The largest absolute Gasteiger partial charge is 0.390 e. The first-order chi connectivity index (χ1) is 14.2. The van der Waals surface area contributed by atoms with Gasteiger partial charge in [-0.3, -0.25) is 0 Å². The summed E-state index contributed by atoms with van der Waals surface area (Å²) >= 11 is 9.80. The van der Waals surface area contributed by atoms with E-state index in [1.165, 1.54) is 16.7 Å². The topological polar surface area (TPSA) is 37.4 Å². The van der Waals surface area contributed by atoms with Crippen LogP contribution < -0.4 is 0 Å². The first kappa shape index (κ1) is 21.2. The molecule has 0 radical (unpaired) electrons. The van der Waals surface area contributed by atoms with Crippen molar-refractivity contribution in [1.82, 2.24) is 4.98 Å². The number of rotatable bonds is 6. The van der Waals surface area contributed by atoms with Crippen LogP contribution in [-0.2, 0) is 11.3 Å². The van der Waals surface area contributed by atoms with Gasteiger partial charge in [0.2, 0.25) is 0 Å². The molecule has 1 heterocycles. The van der Waals surface area contributed by atoms with Crippen molar-refractivity contribution in [2.45, 2.75) is 13.3 Å². The molecule has 4 rings (SSSR count). The number of nitrogens with zero attached hydrogens (tertiary/aromatic N) is 2. The lowest BCUT2D eigenvalue weighted by molar-refractivity contribution is -0.870. The van der Waals surface area contributed by atoms with Gasteiger partial charge < -0.3 is 14.3 Å². The van der Waals surface area contributed by atoms with Crippen LogP contribution in [0, 0.1) is 0 Å². The number of aromatic amines is 1. The Kier molecular flexibility index (Phi) is 5.80. The van der Waals surface area contributed by atoms with E-state index in [9.17, 15) is 0 Å². The van der Waals surface area contributed by atoms with Gasteiger partial charge in [0.1, 0.15) is 6.54 Å². The SMILES string of the molecule is C/C(=N\OCC[N+](C)(C)C)C1=C(c2cc3cc(Cl)ccc3[nH]2)Cc2cc(Br)ccc21. The van der Waals surface area contributed by atoms with Gasteiger partial charge in [0, 0.05) is 38.1 Å². The third kappa shape index (κ3) is 4.48. The molecule has 1 N–H and O–H groups in total. The highest BCUT2D eigenvalue weighted by Crippen LogP contribution is 2.41. The van der Waals surface area contributed by atoms with Crippen molar-refractivity contribution in [3.05, 3.63) is 68.8 Å². The fraction of sp³-hybridized carbons (Fsp3) is 0.292. The molecule has 30 heavy (non-hydrogen) atoms. The number of fused-ring (bicyclic) bond motifs is 2. The molecule has 6 heteroatoms. The lowest BCUT2D eigenvalue weighted by Crippen LogP contribution is -2.37. The van der Waals surface area contributed by atoms with E-state index in [0.29, 0.717) is 6.61 Å². The summed E-state index contributed by atoms with van der Waals surface area (Å²) in [5.41, 5.74) is 7.92. The van der Waals surface area contributed by atoms with E-state index in [-0.39, 0.29) is 0 Å². The number of quaternary nitrogens is 1. The molecule has 0 fully saturated rings. The normalized spacial score (nSPS) is 14.5. The zero-order chi connectivity index (χ0) is 21.5. The van der Waals surface area contributed by atoms with Gasteiger partial charge in [-0.25, -0.2) is 0 Å². The predicted molar refractivity (Wildman–Crippen MR) is 130 cm³/mol. The second-order valence-electron chi connectivity index (χ2n) is 8.77. The van der Waals surface area contributed by atoms with Crippen molar-refractivity contribution in [2.75, 3.05) is 34.3 Å². The van der Waals surface area contributed by atoms with E-state index < -0.39 is 0 Å². The second kappa shape index (κ2) is 8.22. The summed E-state index contributed by atoms with van der Waals surface area (Å²) in [4.78, 5) is 9.24. The summed E-state index contributed by atoms with van der Waals surface area (Å²) in [6.45, 7) is 3.51. The van der Waals surface area contributed by atoms with E-state index in [1.807, 2.05) is 25.1 Å². The van der Waals surface area contributed by atoms with E-state index in [1.54, 1.807) is 0 Å². The highest BCUT2D eigenvalue weighted by Gasteiger charge is 2.26. The molecule has 1 aromatic heterocycles. The molecule has 1 aliphatic carbocycles. The number of halogens is 2. The molecule has 1 aliphatic rings. The van der Waals surface area contributed by atoms with Gasteiger partial charge in [-0.15, -0.1) is 0 Å². The standard InChI is InChI=1S/C24H26BrClN3O/c1-15(28-30-10-9-29(2,3)4)24-20-7-5-18(25)11-16(20)13-21(24)23-14-17-12-19(26)6-8-22(17)27-23/h5-8,11-12,14,27H,9-10,13H2,1-4H3/q+1/b28-15+. The number of H-pyrrole nitrogens is 1. The fourth-order valence-corrected chi connectivity index (χ4v) is 4.39. The maximum Gasteiger partial charge on any atom is 0.165 e. The summed E-state index contributed by atoms with van der Waals surface area (Å²) < 4.78 is 1.93. The van der Waals surface area contributed by atoms with Crippen LogP contribution in [0.5, 0.6) is 0 Å². The Hall–Kier alpha value is -2.08. The Labute approximate surface area is 190 Å². The molecule has 0 spiro atoms. The van der Waals surface area contributed by atoms with E-state index in [2.05, 4.69) is 71.5 Å². The van der Waals surface area contributed by atoms with Crippen molar-refractivity contribution < 1.29 is 9.32 Å². The first-order valence-electron chi connectivity index (χ1n) is 9.99. The maximum absolute atomic E-state index is 6.19. The molecule has 0 atom stereocenters. The second-order valence-corrected chi connectivity index (χ2v) is 10.1. The average molecular weight is 488 g/mol. The van der Waals surface area contributed by atoms with Crippen molar-refractivity contribution in [3.63, 3.8) is 0 Å². The summed E-state index contributed by atoms with van der Waals surface area (Å²) in [5, 5.41) is 6.32. The number of nitrogens with one attached hydrogen (secondary N) is 1. The summed E-state index contributed by atoms with van der Waals surface area (Å²) in [7, 11) is 6.44. The van der Waals surface area contributed by atoms with Gasteiger partial charge in [-0.2, -0.15) is 0 Å². The van der Waals surface area contributed by atoms with Crippen LogP contribution in [0.2, 0.25) is 5.02 Å². The van der Waals surface area contributed by atoms with Gasteiger partial charge in [-0.1, -0.05) is 38.8 Å². The minimum atomic E-state index is 0.585. The van der Waals surface area contributed by atoms with E-state index >= 15 is 0 Å². The summed E-state index contributed by atoms with van der Waals surface area (Å²) in [5.74, 6) is 0. The molecule has 0 aliphatic heterocycles. The average Bonchev–Trinajstić information content (AvgIpc) is 3.24. The number of likely N-dealkylation sites (N-methyl/N-ethyl adjacent to an activating group) is 1. The van der Waals surface area contributed by atoms with Crippen molar-refractivity contribution in [2.24, 2.45) is 5.16 Å². The van der Waals surface area contributed by atoms with Crippen LogP contribution in [0.3, 0.4) is 0 Å². The number of hydrogen-bond acceptors (Lipinski definition) is 2. The van der Waals surface area contributed by atoms with Gasteiger partial charge >= 0.3 is 0 Å². The predicted octanol–water partition coefficient (Wildman–Crippen LogP) is 6.15. The van der Waals surface area contributed by atoms with E-state index in [0.717, 1.165) is 54.8 Å². The number of allylic oxidation sites excluding steroid dienone is 2. The molecule has 2 aromatic carbocycles. The van der Waals surface area contributed by atoms with Crippen molar-refractivity contribution >= 4 is 55.3 Å². The molecule has 0 unspecified atom stereocenters. The highest BCUT2D eigenvalue weighted by atomic mass is 79.9. The van der Waals surface area contributed by atoms with Crippen LogP contribution in [0.1, 0.15) is 23.7 Å². The maximum atomic E-state index is 6.19. The van der Waals surface area contributed by atoms with Crippen LogP contribution >= 0.6 is 27.5 Å².